The van der Waals surface area contributed by atoms with Crippen molar-refractivity contribution in [3.05, 3.63) is 102 Å². The predicted octanol–water partition coefficient (Wildman–Crippen LogP) is 6.02. The summed E-state index contributed by atoms with van der Waals surface area (Å²) in [7, 11) is 2.16. The minimum atomic E-state index is -0.150. The number of aromatic nitrogens is 4. The molecule has 3 aromatic heterocycles. The molecule has 6 rings (SSSR count). The van der Waals surface area contributed by atoms with Crippen LogP contribution in [0.15, 0.2) is 79.4 Å². The fourth-order valence-corrected chi connectivity index (χ4v) is 5.77. The van der Waals surface area contributed by atoms with Crippen molar-refractivity contribution in [1.29, 1.82) is 0 Å². The van der Waals surface area contributed by atoms with E-state index in [0.717, 1.165) is 71.2 Å². The van der Waals surface area contributed by atoms with Crippen molar-refractivity contribution in [1.82, 2.24) is 29.1 Å². The third-order valence-corrected chi connectivity index (χ3v) is 8.61. The van der Waals surface area contributed by atoms with E-state index in [4.69, 9.17) is 4.98 Å². The Hall–Kier alpha value is -4.51. The number of carbonyl (C=O) groups excluding carboxylic acids is 1. The fourth-order valence-electron chi connectivity index (χ4n) is 5.04. The van der Waals surface area contributed by atoms with E-state index in [0.29, 0.717) is 17.2 Å². The topological polar surface area (TPSA) is 99.2 Å². The number of anilines is 3. The lowest BCUT2D eigenvalue weighted by Crippen LogP contribution is -2.43. The molecule has 9 nitrogen and oxygen atoms in total. The SMILES string of the molecule is Cc1ccc(NC(=O)c2ccc(CN3CCN(C)CC3)cc2)cc1Nc1nccc(-c2cncc(-c3sncc3C)c2)n1. The lowest BCUT2D eigenvalue weighted by Gasteiger charge is -2.32. The van der Waals surface area contributed by atoms with Crippen molar-refractivity contribution in [3.63, 3.8) is 0 Å². The van der Waals surface area contributed by atoms with E-state index < -0.39 is 0 Å². The van der Waals surface area contributed by atoms with E-state index in [2.05, 4.69) is 47.9 Å². The van der Waals surface area contributed by atoms with E-state index in [1.165, 1.54) is 17.1 Å². The highest BCUT2D eigenvalue weighted by Crippen LogP contribution is 2.30. The lowest BCUT2D eigenvalue weighted by atomic mass is 10.1. The number of likely N-dealkylation sites (N-methyl/N-ethyl adjacent to an activating group) is 1. The molecule has 1 aliphatic heterocycles. The summed E-state index contributed by atoms with van der Waals surface area (Å²) >= 11 is 1.46. The van der Waals surface area contributed by atoms with Gasteiger partial charge in [-0.15, -0.1) is 0 Å². The number of hydrogen-bond acceptors (Lipinski definition) is 9. The number of pyridine rings is 1. The van der Waals surface area contributed by atoms with Gasteiger partial charge >= 0.3 is 0 Å². The second kappa shape index (κ2) is 12.8. The Bertz CT molecular complexity index is 1730. The van der Waals surface area contributed by atoms with Crippen LogP contribution < -0.4 is 10.6 Å². The van der Waals surface area contributed by atoms with Crippen LogP contribution in [0, 0.1) is 13.8 Å². The van der Waals surface area contributed by atoms with Crippen LogP contribution in [-0.2, 0) is 6.54 Å². The van der Waals surface area contributed by atoms with Gasteiger partial charge in [0.1, 0.15) is 0 Å². The number of rotatable bonds is 8. The smallest absolute Gasteiger partial charge is 0.255 e. The van der Waals surface area contributed by atoms with Crippen molar-refractivity contribution in [2.75, 3.05) is 43.9 Å². The largest absolute Gasteiger partial charge is 0.324 e. The van der Waals surface area contributed by atoms with E-state index >= 15 is 0 Å². The van der Waals surface area contributed by atoms with Gasteiger partial charge in [-0.05, 0) is 85.5 Å². The van der Waals surface area contributed by atoms with Crippen LogP contribution in [-0.4, -0.2) is 68.3 Å². The average Bonchev–Trinajstić information content (AvgIpc) is 3.46. The molecule has 0 unspecified atom stereocenters. The van der Waals surface area contributed by atoms with Crippen molar-refractivity contribution in [3.8, 4) is 21.7 Å². The summed E-state index contributed by atoms with van der Waals surface area (Å²) in [6, 6.07) is 17.6. The van der Waals surface area contributed by atoms with Crippen molar-refractivity contribution >= 4 is 34.8 Å². The van der Waals surface area contributed by atoms with Gasteiger partial charge in [0.25, 0.3) is 5.91 Å². The molecule has 10 heteroatoms. The zero-order valence-corrected chi connectivity index (χ0v) is 25.4. The Balaban J connectivity index is 1.13. The van der Waals surface area contributed by atoms with Gasteiger partial charge in [0, 0.05) is 85.6 Å². The zero-order chi connectivity index (χ0) is 29.8. The molecule has 1 aliphatic rings. The molecular formula is C33H34N8OS. The normalized spacial score (nSPS) is 14.0. The van der Waals surface area contributed by atoms with E-state index in [-0.39, 0.29) is 5.91 Å². The van der Waals surface area contributed by atoms with Gasteiger partial charge in [0.15, 0.2) is 0 Å². The first-order valence-corrected chi connectivity index (χ1v) is 15.1. The van der Waals surface area contributed by atoms with Gasteiger partial charge in [-0.2, -0.15) is 0 Å². The predicted molar refractivity (Wildman–Crippen MR) is 173 cm³/mol. The van der Waals surface area contributed by atoms with Gasteiger partial charge in [-0.1, -0.05) is 18.2 Å². The molecule has 218 valence electrons. The van der Waals surface area contributed by atoms with Gasteiger partial charge in [-0.25, -0.2) is 14.3 Å². The minimum absolute atomic E-state index is 0.150. The van der Waals surface area contributed by atoms with Crippen LogP contribution in [0.2, 0.25) is 0 Å². The number of carbonyl (C=O) groups is 1. The van der Waals surface area contributed by atoms with Crippen LogP contribution in [0.5, 0.6) is 0 Å². The first kappa shape index (κ1) is 28.6. The maximum atomic E-state index is 13.1. The summed E-state index contributed by atoms with van der Waals surface area (Å²) in [4.78, 5) is 32.6. The lowest BCUT2D eigenvalue weighted by molar-refractivity contribution is 0.102. The standard InChI is InChI=1S/C33H34N8OS/c1-22-4-9-28(37-32(42)25-7-5-24(6-8-25)21-41-14-12-40(3)13-15-41)17-30(22)39-33-35-11-10-29(38-33)26-16-27(20-34-19-26)31-23(2)18-36-43-31/h4-11,16-20H,12-15,21H2,1-3H3,(H,37,42)(H,35,38,39). The molecule has 43 heavy (non-hydrogen) atoms. The number of piperazine rings is 1. The van der Waals surface area contributed by atoms with E-state index in [9.17, 15) is 4.79 Å². The molecule has 0 atom stereocenters. The van der Waals surface area contributed by atoms with Crippen LogP contribution >= 0.6 is 11.5 Å². The second-order valence-electron chi connectivity index (χ2n) is 11.0. The fraction of sp³-hybridized carbons (Fsp3) is 0.242. The molecule has 1 amide bonds. The van der Waals surface area contributed by atoms with Gasteiger partial charge in [0.2, 0.25) is 5.95 Å². The number of nitrogens with one attached hydrogen (secondary N) is 2. The van der Waals surface area contributed by atoms with Gasteiger partial charge in [0.05, 0.1) is 10.6 Å². The monoisotopic (exact) mass is 590 g/mol. The van der Waals surface area contributed by atoms with E-state index in [1.807, 2.05) is 74.8 Å². The van der Waals surface area contributed by atoms with Crippen molar-refractivity contribution in [2.45, 2.75) is 20.4 Å². The van der Waals surface area contributed by atoms with Crippen molar-refractivity contribution in [2.24, 2.45) is 0 Å². The first-order chi connectivity index (χ1) is 20.9. The molecular weight excluding hydrogens is 556 g/mol. The summed E-state index contributed by atoms with van der Waals surface area (Å²) in [5.74, 6) is 0.308. The molecule has 0 aliphatic carbocycles. The molecule has 2 aromatic carbocycles. The van der Waals surface area contributed by atoms with Crippen molar-refractivity contribution < 1.29 is 4.79 Å². The molecule has 0 saturated carbocycles. The van der Waals surface area contributed by atoms with Crippen LogP contribution in [0.4, 0.5) is 17.3 Å². The van der Waals surface area contributed by atoms with Gasteiger partial charge in [-0.3, -0.25) is 14.7 Å². The molecule has 5 aromatic rings. The summed E-state index contributed by atoms with van der Waals surface area (Å²) in [6.45, 7) is 9.25. The summed E-state index contributed by atoms with van der Waals surface area (Å²) in [6.07, 6.45) is 7.23. The Labute approximate surface area is 255 Å². The highest BCUT2D eigenvalue weighted by atomic mass is 32.1. The number of benzene rings is 2. The molecule has 0 spiro atoms. The molecule has 0 bridgehead atoms. The third kappa shape index (κ3) is 6.94. The van der Waals surface area contributed by atoms with Gasteiger partial charge < -0.3 is 15.5 Å². The minimum Gasteiger partial charge on any atom is -0.324 e. The number of hydrogen-bond donors (Lipinski definition) is 2. The molecule has 4 heterocycles. The summed E-state index contributed by atoms with van der Waals surface area (Å²) in [5, 5.41) is 6.36. The maximum Gasteiger partial charge on any atom is 0.255 e. The highest BCUT2D eigenvalue weighted by molar-refractivity contribution is 7.09. The molecule has 2 N–H and O–H groups in total. The second-order valence-corrected chi connectivity index (χ2v) is 11.8. The average molecular weight is 591 g/mol. The van der Waals surface area contributed by atoms with E-state index in [1.54, 1.807) is 12.4 Å². The first-order valence-electron chi connectivity index (χ1n) is 14.3. The number of aryl methyl sites for hydroxylation is 2. The summed E-state index contributed by atoms with van der Waals surface area (Å²) in [5.41, 5.74) is 8.12. The summed E-state index contributed by atoms with van der Waals surface area (Å²) < 4.78 is 4.29. The Morgan fingerprint density at radius 1 is 0.907 bits per heavy atom. The highest BCUT2D eigenvalue weighted by Gasteiger charge is 2.15. The Morgan fingerprint density at radius 2 is 1.70 bits per heavy atom. The Morgan fingerprint density at radius 3 is 2.47 bits per heavy atom. The van der Waals surface area contributed by atoms with Crippen LogP contribution in [0.3, 0.4) is 0 Å². The molecule has 1 saturated heterocycles. The number of amides is 1. The molecule has 1 fully saturated rings. The molecule has 0 radical (unpaired) electrons. The number of nitrogens with zero attached hydrogens (tertiary/aromatic N) is 6. The quantitative estimate of drug-likeness (QED) is 0.226. The zero-order valence-electron chi connectivity index (χ0n) is 24.5. The van der Waals surface area contributed by atoms with Crippen LogP contribution in [0.1, 0.15) is 27.0 Å². The maximum absolute atomic E-state index is 13.1. The van der Waals surface area contributed by atoms with Crippen LogP contribution in [0.25, 0.3) is 21.7 Å². The Kier molecular flexibility index (Phi) is 8.50. The third-order valence-electron chi connectivity index (χ3n) is 7.66.